The molecule has 0 atom stereocenters. The van der Waals surface area contributed by atoms with Crippen molar-refractivity contribution in [2.45, 2.75) is 0 Å². The molecule has 0 amide bonds. The number of para-hydroxylation sites is 1. The van der Waals surface area contributed by atoms with Gasteiger partial charge >= 0.3 is 0 Å². The summed E-state index contributed by atoms with van der Waals surface area (Å²) in [7, 11) is 0. The van der Waals surface area contributed by atoms with Gasteiger partial charge in [0.1, 0.15) is 11.5 Å². The fraction of sp³-hybridized carbons (Fsp3) is 0.0370. The molecule has 182 valence electrons. The van der Waals surface area contributed by atoms with E-state index in [4.69, 9.17) is 9.47 Å². The summed E-state index contributed by atoms with van der Waals surface area (Å²) in [5.74, 6) is 0.233. The van der Waals surface area contributed by atoms with Crippen molar-refractivity contribution >= 4 is 39.7 Å². The van der Waals surface area contributed by atoms with Crippen LogP contribution in [0.1, 0.15) is 5.56 Å². The van der Waals surface area contributed by atoms with Gasteiger partial charge in [0.25, 0.3) is 5.69 Å². The van der Waals surface area contributed by atoms with Crippen LogP contribution >= 0.6 is 11.3 Å². The van der Waals surface area contributed by atoms with Crippen LogP contribution < -0.4 is 14.3 Å². The van der Waals surface area contributed by atoms with E-state index in [0.717, 1.165) is 16.3 Å². The van der Waals surface area contributed by atoms with Crippen molar-refractivity contribution in [1.82, 2.24) is 4.68 Å². The second-order valence-electron chi connectivity index (χ2n) is 8.07. The van der Waals surface area contributed by atoms with Gasteiger partial charge in [-0.25, -0.2) is 14.1 Å². The SMILES string of the molecule is O=[N+]([O-])c1cc2c(cc1C=Nn1c(-c3cccc4ccccc34)csc1=Nc1ccccc1F)OCO2. The second kappa shape index (κ2) is 9.32. The van der Waals surface area contributed by atoms with Crippen LogP contribution in [0.5, 0.6) is 11.5 Å². The topological polar surface area (TPSA) is 91.2 Å². The molecular formula is C27H17FN4O4S. The van der Waals surface area contributed by atoms with Gasteiger partial charge in [0, 0.05) is 10.9 Å². The summed E-state index contributed by atoms with van der Waals surface area (Å²) in [6, 6.07) is 22.9. The fourth-order valence-corrected chi connectivity index (χ4v) is 4.94. The van der Waals surface area contributed by atoms with Crippen molar-refractivity contribution in [3.05, 3.63) is 111 Å². The third-order valence-corrected chi connectivity index (χ3v) is 6.67. The maximum absolute atomic E-state index is 14.4. The maximum atomic E-state index is 14.4. The molecule has 0 saturated carbocycles. The lowest BCUT2D eigenvalue weighted by molar-refractivity contribution is -0.385. The van der Waals surface area contributed by atoms with E-state index in [9.17, 15) is 14.5 Å². The number of rotatable bonds is 5. The van der Waals surface area contributed by atoms with Crippen LogP contribution in [-0.4, -0.2) is 22.6 Å². The summed E-state index contributed by atoms with van der Waals surface area (Å²) in [4.78, 5) is 16.1. The van der Waals surface area contributed by atoms with Gasteiger partial charge in [-0.3, -0.25) is 10.1 Å². The third kappa shape index (κ3) is 4.23. The third-order valence-electron chi connectivity index (χ3n) is 5.85. The zero-order chi connectivity index (χ0) is 25.4. The standard InChI is InChI=1S/C27H17FN4O4S/c28-21-10-3-4-11-22(21)30-27-31(24(15-37-27)20-9-5-7-17-6-1-2-8-19(17)20)29-14-18-12-25-26(36-16-35-25)13-23(18)32(33)34/h1-15H,16H2. The quantitative estimate of drug-likeness (QED) is 0.158. The molecule has 4 aromatic carbocycles. The van der Waals surface area contributed by atoms with E-state index in [0.29, 0.717) is 22.0 Å². The molecule has 0 bridgehead atoms. The van der Waals surface area contributed by atoms with Crippen LogP contribution in [0.25, 0.3) is 22.0 Å². The molecule has 5 aromatic rings. The summed E-state index contributed by atoms with van der Waals surface area (Å²) in [5.41, 5.74) is 1.81. The normalized spacial score (nSPS) is 13.1. The van der Waals surface area contributed by atoms with Crippen molar-refractivity contribution < 1.29 is 18.8 Å². The monoisotopic (exact) mass is 512 g/mol. The average Bonchev–Trinajstić information content (AvgIpc) is 3.54. The van der Waals surface area contributed by atoms with Crippen molar-refractivity contribution in [2.24, 2.45) is 10.1 Å². The zero-order valence-corrected chi connectivity index (χ0v) is 19.9. The average molecular weight is 513 g/mol. The number of nitrogens with zero attached hydrogens (tertiary/aromatic N) is 4. The minimum absolute atomic E-state index is 0.0107. The van der Waals surface area contributed by atoms with Crippen molar-refractivity contribution in [2.75, 3.05) is 6.79 Å². The summed E-state index contributed by atoms with van der Waals surface area (Å²) < 4.78 is 26.7. The Labute approximate surface area is 213 Å². The first-order valence-electron chi connectivity index (χ1n) is 11.2. The Bertz CT molecular complexity index is 1770. The fourth-order valence-electron chi connectivity index (χ4n) is 4.10. The molecule has 0 radical (unpaired) electrons. The lowest BCUT2D eigenvalue weighted by Crippen LogP contribution is -2.12. The highest BCUT2D eigenvalue weighted by atomic mass is 32.1. The van der Waals surface area contributed by atoms with Crippen LogP contribution in [0.15, 0.2) is 94.3 Å². The van der Waals surface area contributed by atoms with Gasteiger partial charge in [-0.2, -0.15) is 5.10 Å². The minimum Gasteiger partial charge on any atom is -0.454 e. The first-order chi connectivity index (χ1) is 18.1. The van der Waals surface area contributed by atoms with Crippen LogP contribution in [-0.2, 0) is 0 Å². The van der Waals surface area contributed by atoms with Gasteiger partial charge in [-0.1, -0.05) is 54.6 Å². The molecule has 0 unspecified atom stereocenters. The van der Waals surface area contributed by atoms with Gasteiger partial charge in [0.2, 0.25) is 11.6 Å². The van der Waals surface area contributed by atoms with Crippen molar-refractivity contribution in [1.29, 1.82) is 0 Å². The van der Waals surface area contributed by atoms with Crippen LogP contribution in [0.4, 0.5) is 15.8 Å². The Kier molecular flexibility index (Phi) is 5.70. The molecule has 0 N–H and O–H groups in total. The molecule has 2 heterocycles. The number of nitro groups is 1. The van der Waals surface area contributed by atoms with Crippen molar-refractivity contribution in [3.8, 4) is 22.8 Å². The van der Waals surface area contributed by atoms with E-state index in [1.165, 1.54) is 35.8 Å². The van der Waals surface area contributed by atoms with E-state index >= 15 is 0 Å². The Morgan fingerprint density at radius 1 is 1.00 bits per heavy atom. The molecule has 1 aliphatic rings. The predicted octanol–water partition coefficient (Wildman–Crippen LogP) is 6.26. The molecule has 0 aliphatic carbocycles. The van der Waals surface area contributed by atoms with Gasteiger partial charge in [0.15, 0.2) is 11.5 Å². The molecule has 0 fully saturated rings. The largest absolute Gasteiger partial charge is 0.454 e. The highest BCUT2D eigenvalue weighted by Gasteiger charge is 2.23. The van der Waals surface area contributed by atoms with E-state index in [1.54, 1.807) is 22.9 Å². The molecule has 10 heteroatoms. The van der Waals surface area contributed by atoms with E-state index < -0.39 is 10.7 Å². The number of hydrogen-bond acceptors (Lipinski definition) is 7. The molecule has 6 rings (SSSR count). The highest BCUT2D eigenvalue weighted by molar-refractivity contribution is 7.07. The number of ether oxygens (including phenoxy) is 2. The number of fused-ring (bicyclic) bond motifs is 2. The van der Waals surface area contributed by atoms with Crippen LogP contribution in [0.3, 0.4) is 0 Å². The number of halogens is 1. The molecule has 37 heavy (non-hydrogen) atoms. The molecular weight excluding hydrogens is 495 g/mol. The minimum atomic E-state index is -0.502. The van der Waals surface area contributed by atoms with Crippen LogP contribution in [0, 0.1) is 15.9 Å². The number of hydrogen-bond donors (Lipinski definition) is 0. The second-order valence-corrected chi connectivity index (χ2v) is 8.91. The Morgan fingerprint density at radius 3 is 2.59 bits per heavy atom. The molecule has 1 aromatic heterocycles. The van der Waals surface area contributed by atoms with Gasteiger partial charge in [0.05, 0.1) is 28.5 Å². The molecule has 0 spiro atoms. The van der Waals surface area contributed by atoms with Gasteiger partial charge < -0.3 is 9.47 Å². The summed E-state index contributed by atoms with van der Waals surface area (Å²) in [6.07, 6.45) is 1.38. The van der Waals surface area contributed by atoms with Gasteiger partial charge in [-0.15, -0.1) is 11.3 Å². The molecule has 0 saturated heterocycles. The number of benzene rings is 4. The number of nitro benzene ring substituents is 1. The zero-order valence-electron chi connectivity index (χ0n) is 19.1. The van der Waals surface area contributed by atoms with Gasteiger partial charge in [-0.05, 0) is 29.0 Å². The van der Waals surface area contributed by atoms with Crippen molar-refractivity contribution in [3.63, 3.8) is 0 Å². The summed E-state index contributed by atoms with van der Waals surface area (Å²) >= 11 is 1.29. The Balaban J connectivity index is 1.56. The predicted molar refractivity (Wildman–Crippen MR) is 139 cm³/mol. The summed E-state index contributed by atoms with van der Waals surface area (Å²) in [6.45, 7) is -0.0107. The van der Waals surface area contributed by atoms with E-state index in [2.05, 4.69) is 10.1 Å². The maximum Gasteiger partial charge on any atom is 0.282 e. The van der Waals surface area contributed by atoms with E-state index in [-0.39, 0.29) is 23.7 Å². The molecule has 1 aliphatic heterocycles. The summed E-state index contributed by atoms with van der Waals surface area (Å²) in [5, 5.41) is 20.3. The Morgan fingerprint density at radius 2 is 1.76 bits per heavy atom. The highest BCUT2D eigenvalue weighted by Crippen LogP contribution is 2.37. The number of thiazole rings is 1. The Hall–Kier alpha value is -4.83. The van der Waals surface area contributed by atoms with Crippen LogP contribution in [0.2, 0.25) is 0 Å². The smallest absolute Gasteiger partial charge is 0.282 e. The number of aromatic nitrogens is 1. The van der Waals surface area contributed by atoms with E-state index in [1.807, 2.05) is 47.8 Å². The molecule has 8 nitrogen and oxygen atoms in total. The lowest BCUT2D eigenvalue weighted by Gasteiger charge is -2.08. The first-order valence-corrected chi connectivity index (χ1v) is 12.1. The lowest BCUT2D eigenvalue weighted by atomic mass is 10.0. The first kappa shape index (κ1) is 22.6.